The molecule has 1 heterocycles. The minimum atomic E-state index is -0.0791. The lowest BCUT2D eigenvalue weighted by Crippen LogP contribution is -2.32. The Kier molecular flexibility index (Phi) is 4.96. The maximum Gasteiger partial charge on any atom is 0.244 e. The van der Waals surface area contributed by atoms with Gasteiger partial charge in [0, 0.05) is 17.8 Å². The lowest BCUT2D eigenvalue weighted by atomic mass is 10.1. The smallest absolute Gasteiger partial charge is 0.244 e. The molecule has 2 rings (SSSR count). The summed E-state index contributed by atoms with van der Waals surface area (Å²) in [7, 11) is 0. The lowest BCUT2D eigenvalue weighted by Gasteiger charge is -2.11. The van der Waals surface area contributed by atoms with Gasteiger partial charge in [0.1, 0.15) is 0 Å². The maximum absolute atomic E-state index is 11.8. The van der Waals surface area contributed by atoms with Crippen LogP contribution in [-0.4, -0.2) is 11.9 Å². The zero-order chi connectivity index (χ0) is 14.4. The molecule has 2 aromatic rings. The molecule has 0 aliphatic carbocycles. The first-order valence-corrected chi connectivity index (χ1v) is 7.43. The van der Waals surface area contributed by atoms with Gasteiger partial charge in [-0.25, -0.2) is 0 Å². The van der Waals surface area contributed by atoms with Crippen molar-refractivity contribution in [2.24, 2.45) is 0 Å². The van der Waals surface area contributed by atoms with Gasteiger partial charge >= 0.3 is 0 Å². The van der Waals surface area contributed by atoms with Crippen molar-refractivity contribution in [1.29, 1.82) is 0 Å². The van der Waals surface area contributed by atoms with Crippen molar-refractivity contribution in [3.8, 4) is 0 Å². The Morgan fingerprint density at radius 2 is 2.10 bits per heavy atom. The van der Waals surface area contributed by atoms with Gasteiger partial charge in [0.25, 0.3) is 0 Å². The zero-order valence-corrected chi connectivity index (χ0v) is 12.2. The molecular formula is C16H18N2OS. The van der Waals surface area contributed by atoms with Gasteiger partial charge in [-0.05, 0) is 59.5 Å². The van der Waals surface area contributed by atoms with Crippen LogP contribution in [0.25, 0.3) is 6.08 Å². The van der Waals surface area contributed by atoms with Gasteiger partial charge in [0.15, 0.2) is 0 Å². The molecule has 1 aromatic carbocycles. The highest BCUT2D eigenvalue weighted by Gasteiger charge is 2.05. The quantitative estimate of drug-likeness (QED) is 0.655. The number of carbonyl (C=O) groups excluding carboxylic acids is 1. The predicted molar refractivity (Wildman–Crippen MR) is 85.5 cm³/mol. The Bertz CT molecular complexity index is 573. The summed E-state index contributed by atoms with van der Waals surface area (Å²) in [6.45, 7) is 2.01. The number of carbonyl (C=O) groups is 1. The van der Waals surface area contributed by atoms with E-state index in [4.69, 9.17) is 5.73 Å². The van der Waals surface area contributed by atoms with Gasteiger partial charge in [-0.2, -0.15) is 11.3 Å². The average molecular weight is 286 g/mol. The monoisotopic (exact) mass is 286 g/mol. The summed E-state index contributed by atoms with van der Waals surface area (Å²) < 4.78 is 0. The van der Waals surface area contributed by atoms with E-state index in [1.165, 1.54) is 5.56 Å². The number of anilines is 1. The predicted octanol–water partition coefficient (Wildman–Crippen LogP) is 3.09. The third-order valence-electron chi connectivity index (χ3n) is 2.87. The molecule has 1 atom stereocenters. The molecule has 4 heteroatoms. The summed E-state index contributed by atoms with van der Waals surface area (Å²) in [6, 6.07) is 9.60. The highest BCUT2D eigenvalue weighted by Crippen LogP contribution is 2.09. The Morgan fingerprint density at radius 1 is 1.35 bits per heavy atom. The third kappa shape index (κ3) is 4.55. The molecule has 1 unspecified atom stereocenters. The molecule has 1 aromatic heterocycles. The van der Waals surface area contributed by atoms with Gasteiger partial charge in [-0.3, -0.25) is 4.79 Å². The van der Waals surface area contributed by atoms with Crippen LogP contribution >= 0.6 is 11.3 Å². The minimum absolute atomic E-state index is 0.0791. The molecular weight excluding hydrogens is 268 g/mol. The number of nitrogen functional groups attached to an aromatic ring is 1. The molecule has 20 heavy (non-hydrogen) atoms. The number of benzene rings is 1. The molecule has 0 saturated heterocycles. The first kappa shape index (κ1) is 14.3. The van der Waals surface area contributed by atoms with Crippen molar-refractivity contribution >= 4 is 29.0 Å². The van der Waals surface area contributed by atoms with Crippen LogP contribution in [0.3, 0.4) is 0 Å². The SMILES string of the molecule is CC(Cc1ccsc1)NC(=O)/C=C/c1ccc(N)cc1. The molecule has 3 nitrogen and oxygen atoms in total. The number of nitrogens with one attached hydrogen (secondary N) is 1. The first-order valence-electron chi connectivity index (χ1n) is 6.48. The summed E-state index contributed by atoms with van der Waals surface area (Å²) >= 11 is 1.67. The van der Waals surface area contributed by atoms with Crippen LogP contribution in [0.4, 0.5) is 5.69 Å². The van der Waals surface area contributed by atoms with Crippen molar-refractivity contribution in [2.75, 3.05) is 5.73 Å². The van der Waals surface area contributed by atoms with E-state index in [2.05, 4.69) is 16.8 Å². The molecule has 0 saturated carbocycles. The molecule has 104 valence electrons. The topological polar surface area (TPSA) is 55.1 Å². The number of hydrogen-bond donors (Lipinski definition) is 2. The maximum atomic E-state index is 11.8. The molecule has 0 aliphatic rings. The van der Waals surface area contributed by atoms with Crippen LogP contribution in [-0.2, 0) is 11.2 Å². The van der Waals surface area contributed by atoms with Crippen molar-refractivity contribution in [3.63, 3.8) is 0 Å². The fourth-order valence-corrected chi connectivity index (χ4v) is 2.56. The van der Waals surface area contributed by atoms with E-state index < -0.39 is 0 Å². The second-order valence-electron chi connectivity index (χ2n) is 4.75. The van der Waals surface area contributed by atoms with Crippen LogP contribution in [0.1, 0.15) is 18.1 Å². The van der Waals surface area contributed by atoms with Gasteiger partial charge in [-0.1, -0.05) is 12.1 Å². The molecule has 3 N–H and O–H groups in total. The van der Waals surface area contributed by atoms with Crippen LogP contribution in [0, 0.1) is 0 Å². The second kappa shape index (κ2) is 6.91. The van der Waals surface area contributed by atoms with Gasteiger partial charge in [0.2, 0.25) is 5.91 Å². The Morgan fingerprint density at radius 3 is 2.75 bits per heavy atom. The summed E-state index contributed by atoms with van der Waals surface area (Å²) in [6.07, 6.45) is 4.19. The number of rotatable bonds is 5. The first-order chi connectivity index (χ1) is 9.63. The van der Waals surface area contributed by atoms with Crippen molar-refractivity contribution in [2.45, 2.75) is 19.4 Å². The largest absolute Gasteiger partial charge is 0.399 e. The molecule has 0 radical (unpaired) electrons. The summed E-state index contributed by atoms with van der Waals surface area (Å²) in [5.41, 5.74) is 8.54. The van der Waals surface area contributed by atoms with E-state index in [9.17, 15) is 4.79 Å². The number of hydrogen-bond acceptors (Lipinski definition) is 3. The number of amides is 1. The van der Waals surface area contributed by atoms with Crippen LogP contribution in [0.15, 0.2) is 47.2 Å². The van der Waals surface area contributed by atoms with Crippen molar-refractivity contribution in [1.82, 2.24) is 5.32 Å². The standard InChI is InChI=1S/C16H18N2OS/c1-12(10-14-8-9-20-11-14)18-16(19)7-4-13-2-5-15(17)6-3-13/h2-9,11-12H,10,17H2,1H3,(H,18,19)/b7-4+. The van der Waals surface area contributed by atoms with E-state index >= 15 is 0 Å². The van der Waals surface area contributed by atoms with Gasteiger partial charge in [-0.15, -0.1) is 0 Å². The van der Waals surface area contributed by atoms with E-state index in [0.29, 0.717) is 0 Å². The third-order valence-corrected chi connectivity index (χ3v) is 3.61. The highest BCUT2D eigenvalue weighted by atomic mass is 32.1. The molecule has 0 fully saturated rings. The summed E-state index contributed by atoms with van der Waals surface area (Å²) in [4.78, 5) is 11.8. The normalized spacial score (nSPS) is 12.4. The molecule has 0 aliphatic heterocycles. The van der Waals surface area contributed by atoms with E-state index in [1.807, 2.05) is 36.6 Å². The zero-order valence-electron chi connectivity index (χ0n) is 11.4. The highest BCUT2D eigenvalue weighted by molar-refractivity contribution is 7.07. The number of thiophene rings is 1. The Balaban J connectivity index is 1.84. The van der Waals surface area contributed by atoms with Crippen LogP contribution in [0.2, 0.25) is 0 Å². The molecule has 1 amide bonds. The van der Waals surface area contributed by atoms with E-state index in [0.717, 1.165) is 17.7 Å². The second-order valence-corrected chi connectivity index (χ2v) is 5.53. The van der Waals surface area contributed by atoms with Crippen molar-refractivity contribution < 1.29 is 4.79 Å². The Hall–Kier alpha value is -2.07. The van der Waals surface area contributed by atoms with E-state index in [-0.39, 0.29) is 11.9 Å². The van der Waals surface area contributed by atoms with E-state index in [1.54, 1.807) is 23.5 Å². The lowest BCUT2D eigenvalue weighted by molar-refractivity contribution is -0.117. The van der Waals surface area contributed by atoms with Crippen LogP contribution < -0.4 is 11.1 Å². The summed E-state index contributed by atoms with van der Waals surface area (Å²) in [5.74, 6) is -0.0791. The van der Waals surface area contributed by atoms with Crippen LogP contribution in [0.5, 0.6) is 0 Å². The fourth-order valence-electron chi connectivity index (χ4n) is 1.88. The molecule has 0 bridgehead atoms. The average Bonchev–Trinajstić information content (AvgIpc) is 2.90. The Labute approximate surface area is 123 Å². The summed E-state index contributed by atoms with van der Waals surface area (Å²) in [5, 5.41) is 7.10. The number of nitrogens with two attached hydrogens (primary N) is 1. The van der Waals surface area contributed by atoms with Gasteiger partial charge in [0.05, 0.1) is 0 Å². The molecule has 0 spiro atoms. The minimum Gasteiger partial charge on any atom is -0.399 e. The van der Waals surface area contributed by atoms with Crippen molar-refractivity contribution in [3.05, 3.63) is 58.3 Å². The van der Waals surface area contributed by atoms with Gasteiger partial charge < -0.3 is 11.1 Å². The fraction of sp³-hybridized carbons (Fsp3) is 0.188.